The van der Waals surface area contributed by atoms with Crippen LogP contribution in [0.4, 0.5) is 0 Å². The molecule has 0 saturated carbocycles. The van der Waals surface area contributed by atoms with Crippen LogP contribution in [0.3, 0.4) is 0 Å². The minimum absolute atomic E-state index is 0.631. The topological polar surface area (TPSA) is 12.4 Å². The minimum atomic E-state index is 0.631. The molecule has 1 rings (SSSR count). The highest BCUT2D eigenvalue weighted by molar-refractivity contribution is 6.29. The zero-order chi connectivity index (χ0) is 5.11. The molecule has 1 nitrogen and oxygen atoms in total. The molecule has 1 aliphatic heterocycles. The monoisotopic (exact) mass is 115 g/mol. The number of rotatable bonds is 0. The fourth-order valence-electron chi connectivity index (χ4n) is 0.481. The third-order valence-corrected chi connectivity index (χ3v) is 1.08. The van der Waals surface area contributed by atoms with Crippen molar-refractivity contribution >= 4 is 17.8 Å². The standard InChI is InChI=1S/C5H6ClN/c6-5-3-1-2-4-7-5/h3-4H,1-2H2. The Bertz CT molecular complexity index is 115. The Morgan fingerprint density at radius 1 is 1.57 bits per heavy atom. The molecule has 0 unspecified atom stereocenters. The van der Waals surface area contributed by atoms with E-state index in [1.165, 1.54) is 0 Å². The molecule has 0 aromatic heterocycles. The van der Waals surface area contributed by atoms with E-state index in [2.05, 4.69) is 4.99 Å². The van der Waals surface area contributed by atoms with Gasteiger partial charge >= 0.3 is 0 Å². The summed E-state index contributed by atoms with van der Waals surface area (Å²) in [5, 5.41) is 0.631. The van der Waals surface area contributed by atoms with Gasteiger partial charge in [-0.25, -0.2) is 4.99 Å². The van der Waals surface area contributed by atoms with Gasteiger partial charge in [0.2, 0.25) is 0 Å². The van der Waals surface area contributed by atoms with Gasteiger partial charge in [0.1, 0.15) is 5.16 Å². The first-order valence-electron chi connectivity index (χ1n) is 2.28. The van der Waals surface area contributed by atoms with Gasteiger partial charge in [-0.3, -0.25) is 0 Å². The molecule has 2 heteroatoms. The lowest BCUT2D eigenvalue weighted by molar-refractivity contribution is 1.08. The largest absolute Gasteiger partial charge is 0.249 e. The van der Waals surface area contributed by atoms with Crippen molar-refractivity contribution in [2.24, 2.45) is 4.99 Å². The molecule has 38 valence electrons. The summed E-state index contributed by atoms with van der Waals surface area (Å²) in [5.74, 6) is 0. The van der Waals surface area contributed by atoms with E-state index < -0.39 is 0 Å². The highest BCUT2D eigenvalue weighted by atomic mass is 35.5. The molecule has 0 radical (unpaired) electrons. The molecule has 0 amide bonds. The minimum Gasteiger partial charge on any atom is -0.249 e. The van der Waals surface area contributed by atoms with Gasteiger partial charge in [-0.1, -0.05) is 11.6 Å². The number of allylic oxidation sites excluding steroid dienone is 1. The SMILES string of the molecule is ClC1=CCCC=N1. The van der Waals surface area contributed by atoms with Crippen molar-refractivity contribution in [1.29, 1.82) is 0 Å². The highest BCUT2D eigenvalue weighted by Crippen LogP contribution is 2.08. The van der Waals surface area contributed by atoms with E-state index in [-0.39, 0.29) is 0 Å². The van der Waals surface area contributed by atoms with Gasteiger partial charge in [-0.05, 0) is 18.9 Å². The van der Waals surface area contributed by atoms with Crippen LogP contribution in [0.1, 0.15) is 12.8 Å². The Morgan fingerprint density at radius 2 is 2.43 bits per heavy atom. The van der Waals surface area contributed by atoms with Crippen molar-refractivity contribution in [2.45, 2.75) is 12.8 Å². The van der Waals surface area contributed by atoms with Gasteiger partial charge in [0.15, 0.2) is 0 Å². The Kier molecular flexibility index (Phi) is 1.47. The summed E-state index contributed by atoms with van der Waals surface area (Å²) in [6.45, 7) is 0. The van der Waals surface area contributed by atoms with Gasteiger partial charge in [-0.2, -0.15) is 0 Å². The maximum atomic E-state index is 5.48. The number of hydrogen-bond donors (Lipinski definition) is 0. The van der Waals surface area contributed by atoms with E-state index in [1.807, 2.05) is 12.3 Å². The Morgan fingerprint density at radius 3 is 2.71 bits per heavy atom. The quantitative estimate of drug-likeness (QED) is 0.428. The summed E-state index contributed by atoms with van der Waals surface area (Å²) in [5.41, 5.74) is 0. The lowest BCUT2D eigenvalue weighted by Gasteiger charge is -1.94. The summed E-state index contributed by atoms with van der Waals surface area (Å²) in [6, 6.07) is 0. The third-order valence-electron chi connectivity index (χ3n) is 0.823. The van der Waals surface area contributed by atoms with Gasteiger partial charge in [0, 0.05) is 6.21 Å². The Labute approximate surface area is 47.7 Å². The summed E-state index contributed by atoms with van der Waals surface area (Å²) < 4.78 is 0. The predicted molar refractivity (Wildman–Crippen MR) is 31.7 cm³/mol. The van der Waals surface area contributed by atoms with Crippen LogP contribution in [0.5, 0.6) is 0 Å². The van der Waals surface area contributed by atoms with Gasteiger partial charge in [0.05, 0.1) is 0 Å². The second-order valence-electron chi connectivity index (χ2n) is 1.42. The van der Waals surface area contributed by atoms with Gasteiger partial charge in [0.25, 0.3) is 0 Å². The number of aliphatic imine (C=N–C) groups is 1. The molecular weight excluding hydrogens is 110 g/mol. The molecule has 0 aliphatic carbocycles. The fourth-order valence-corrected chi connectivity index (χ4v) is 0.660. The number of hydrogen-bond acceptors (Lipinski definition) is 1. The van der Waals surface area contributed by atoms with Gasteiger partial charge in [-0.15, -0.1) is 0 Å². The summed E-state index contributed by atoms with van der Waals surface area (Å²) >= 11 is 5.48. The van der Waals surface area contributed by atoms with Gasteiger partial charge < -0.3 is 0 Å². The summed E-state index contributed by atoms with van der Waals surface area (Å²) in [4.78, 5) is 3.83. The zero-order valence-corrected chi connectivity index (χ0v) is 4.65. The average molecular weight is 116 g/mol. The lowest BCUT2D eigenvalue weighted by atomic mass is 10.3. The maximum Gasteiger partial charge on any atom is 0.124 e. The van der Waals surface area contributed by atoms with Crippen molar-refractivity contribution in [1.82, 2.24) is 0 Å². The molecular formula is C5H6ClN. The molecule has 7 heavy (non-hydrogen) atoms. The van der Waals surface area contributed by atoms with Crippen LogP contribution < -0.4 is 0 Å². The van der Waals surface area contributed by atoms with E-state index in [1.54, 1.807) is 0 Å². The van der Waals surface area contributed by atoms with Crippen LogP contribution in [0.15, 0.2) is 16.2 Å². The van der Waals surface area contributed by atoms with Crippen LogP contribution in [-0.2, 0) is 0 Å². The van der Waals surface area contributed by atoms with Crippen LogP contribution >= 0.6 is 11.6 Å². The molecule has 0 bridgehead atoms. The molecule has 1 aliphatic rings. The van der Waals surface area contributed by atoms with Crippen molar-refractivity contribution < 1.29 is 0 Å². The number of nitrogens with zero attached hydrogens (tertiary/aromatic N) is 1. The maximum absolute atomic E-state index is 5.48. The van der Waals surface area contributed by atoms with E-state index >= 15 is 0 Å². The first kappa shape index (κ1) is 4.85. The normalized spacial score (nSPS) is 19.3. The Balaban J connectivity index is 2.58. The molecule has 0 fully saturated rings. The lowest BCUT2D eigenvalue weighted by Crippen LogP contribution is -1.80. The summed E-state index contributed by atoms with van der Waals surface area (Å²) in [7, 11) is 0. The first-order chi connectivity index (χ1) is 3.39. The predicted octanol–water partition coefficient (Wildman–Crippen LogP) is 1.93. The van der Waals surface area contributed by atoms with Crippen LogP contribution in [-0.4, -0.2) is 6.21 Å². The Hall–Kier alpha value is -0.300. The van der Waals surface area contributed by atoms with Crippen molar-refractivity contribution in [3.05, 3.63) is 11.2 Å². The second kappa shape index (κ2) is 2.12. The molecule has 0 spiro atoms. The van der Waals surface area contributed by atoms with E-state index in [4.69, 9.17) is 11.6 Å². The van der Waals surface area contributed by atoms with Crippen molar-refractivity contribution in [3.63, 3.8) is 0 Å². The van der Waals surface area contributed by atoms with Crippen LogP contribution in [0.25, 0.3) is 0 Å². The molecule has 0 saturated heterocycles. The fraction of sp³-hybridized carbons (Fsp3) is 0.400. The molecule has 0 N–H and O–H groups in total. The van der Waals surface area contributed by atoms with E-state index in [0.717, 1.165) is 12.8 Å². The van der Waals surface area contributed by atoms with Crippen molar-refractivity contribution in [2.75, 3.05) is 0 Å². The smallest absolute Gasteiger partial charge is 0.124 e. The van der Waals surface area contributed by atoms with Crippen LogP contribution in [0.2, 0.25) is 0 Å². The first-order valence-corrected chi connectivity index (χ1v) is 2.65. The second-order valence-corrected chi connectivity index (χ2v) is 1.80. The van der Waals surface area contributed by atoms with E-state index in [0.29, 0.717) is 5.16 Å². The zero-order valence-electron chi connectivity index (χ0n) is 3.89. The third kappa shape index (κ3) is 1.32. The molecule has 0 atom stereocenters. The molecule has 1 heterocycles. The van der Waals surface area contributed by atoms with Crippen molar-refractivity contribution in [3.8, 4) is 0 Å². The average Bonchev–Trinajstić information content (AvgIpc) is 1.69. The van der Waals surface area contributed by atoms with Crippen LogP contribution in [0, 0.1) is 0 Å². The highest BCUT2D eigenvalue weighted by Gasteiger charge is 1.89. The molecule has 0 aromatic rings. The molecule has 0 aromatic carbocycles. The number of halogens is 1. The van der Waals surface area contributed by atoms with E-state index in [9.17, 15) is 0 Å². The summed E-state index contributed by atoms with van der Waals surface area (Å²) in [6.07, 6.45) is 5.84.